The lowest BCUT2D eigenvalue weighted by atomic mass is 9.93. The fourth-order valence-corrected chi connectivity index (χ4v) is 3.05. The predicted molar refractivity (Wildman–Crippen MR) is 74.1 cm³/mol. The van der Waals surface area contributed by atoms with Gasteiger partial charge in [-0.15, -0.1) is 0 Å². The molecule has 0 bridgehead atoms. The molecule has 1 N–H and O–H groups in total. The fraction of sp³-hybridized carbons (Fsp3) is 0.429. The van der Waals surface area contributed by atoms with Crippen LogP contribution >= 0.6 is 0 Å². The van der Waals surface area contributed by atoms with Gasteiger partial charge < -0.3 is 5.11 Å². The van der Waals surface area contributed by atoms with Crippen LogP contribution in [0.4, 0.5) is 0 Å². The normalized spacial score (nSPS) is 14.0. The summed E-state index contributed by atoms with van der Waals surface area (Å²) in [4.78, 5) is 0. The lowest BCUT2D eigenvalue weighted by molar-refractivity contribution is 0.144. The second-order valence-corrected chi connectivity index (χ2v) is 10.9. The van der Waals surface area contributed by atoms with E-state index in [0.717, 1.165) is 11.1 Å². The molecule has 1 rings (SSSR count). The summed E-state index contributed by atoms with van der Waals surface area (Å²) in [5.74, 6) is 0. The molecular formula is C14H22OSi. The van der Waals surface area contributed by atoms with Gasteiger partial charge in [-0.25, -0.2) is 0 Å². The maximum atomic E-state index is 10.2. The van der Waals surface area contributed by atoms with Gasteiger partial charge >= 0.3 is 0 Å². The molecule has 1 aromatic rings. The molecule has 0 saturated carbocycles. The fourth-order valence-electron chi connectivity index (χ4n) is 1.66. The minimum atomic E-state index is -1.33. The minimum Gasteiger partial charge on any atom is -0.386 e. The monoisotopic (exact) mass is 234 g/mol. The Hall–Kier alpha value is -0.863. The molecule has 0 aliphatic rings. The van der Waals surface area contributed by atoms with Crippen molar-refractivity contribution in [2.75, 3.05) is 0 Å². The summed E-state index contributed by atoms with van der Waals surface area (Å²) in [6.45, 7) is 10.5. The molecule has 0 radical (unpaired) electrons. The van der Waals surface area contributed by atoms with Crippen LogP contribution in [0, 0.1) is 0 Å². The van der Waals surface area contributed by atoms with Gasteiger partial charge in [0, 0.05) is 0 Å². The van der Waals surface area contributed by atoms with Crippen molar-refractivity contribution in [3.63, 3.8) is 0 Å². The maximum absolute atomic E-state index is 10.2. The first-order chi connectivity index (χ1) is 7.20. The van der Waals surface area contributed by atoms with E-state index >= 15 is 0 Å². The van der Waals surface area contributed by atoms with E-state index in [1.807, 2.05) is 32.0 Å². The first-order valence-corrected chi connectivity index (χ1v) is 9.29. The SMILES string of the molecule is CC(C)(O)/C(=C/[Si](C)(C)C)c1ccccc1. The Kier molecular flexibility index (Phi) is 3.76. The van der Waals surface area contributed by atoms with Gasteiger partial charge in [0.05, 0.1) is 13.7 Å². The third kappa shape index (κ3) is 3.95. The molecule has 0 unspecified atom stereocenters. The van der Waals surface area contributed by atoms with Gasteiger partial charge in [0.1, 0.15) is 0 Å². The maximum Gasteiger partial charge on any atom is 0.0839 e. The molecule has 0 atom stereocenters. The van der Waals surface area contributed by atoms with E-state index in [4.69, 9.17) is 0 Å². The highest BCUT2D eigenvalue weighted by atomic mass is 28.3. The number of hydrogen-bond donors (Lipinski definition) is 1. The molecule has 0 amide bonds. The molecule has 0 fully saturated rings. The highest BCUT2D eigenvalue weighted by molar-refractivity contribution is 6.81. The van der Waals surface area contributed by atoms with Crippen LogP contribution < -0.4 is 0 Å². The first-order valence-electron chi connectivity index (χ1n) is 5.71. The zero-order valence-corrected chi connectivity index (χ0v) is 11.9. The average Bonchev–Trinajstić information content (AvgIpc) is 2.13. The number of rotatable bonds is 3. The summed E-state index contributed by atoms with van der Waals surface area (Å²) in [6, 6.07) is 10.1. The highest BCUT2D eigenvalue weighted by Gasteiger charge is 2.23. The zero-order valence-electron chi connectivity index (χ0n) is 10.9. The van der Waals surface area contributed by atoms with E-state index < -0.39 is 13.7 Å². The van der Waals surface area contributed by atoms with E-state index in [1.165, 1.54) is 0 Å². The van der Waals surface area contributed by atoms with Crippen molar-refractivity contribution in [1.29, 1.82) is 0 Å². The lowest BCUT2D eigenvalue weighted by Gasteiger charge is -2.25. The van der Waals surface area contributed by atoms with Crippen molar-refractivity contribution in [3.8, 4) is 0 Å². The van der Waals surface area contributed by atoms with Gasteiger partial charge in [-0.2, -0.15) is 0 Å². The first kappa shape index (κ1) is 13.2. The summed E-state index contributed by atoms with van der Waals surface area (Å²) in [5, 5.41) is 10.2. The third-order valence-corrected chi connectivity index (χ3v) is 3.48. The molecule has 16 heavy (non-hydrogen) atoms. The van der Waals surface area contributed by atoms with E-state index in [0.29, 0.717) is 0 Å². The van der Waals surface area contributed by atoms with E-state index in [9.17, 15) is 5.11 Å². The number of benzene rings is 1. The van der Waals surface area contributed by atoms with Crippen molar-refractivity contribution in [1.82, 2.24) is 0 Å². The molecule has 0 aliphatic carbocycles. The molecule has 1 aromatic carbocycles. The number of hydrogen-bond acceptors (Lipinski definition) is 1. The summed E-state index contributed by atoms with van der Waals surface area (Å²) < 4.78 is 0. The summed E-state index contributed by atoms with van der Waals surface area (Å²) in [5.41, 5.74) is 3.67. The van der Waals surface area contributed by atoms with E-state index in [2.05, 4.69) is 37.5 Å². The summed E-state index contributed by atoms with van der Waals surface area (Å²) >= 11 is 0. The Morgan fingerprint density at radius 1 is 1.12 bits per heavy atom. The molecule has 1 nitrogen and oxygen atoms in total. The van der Waals surface area contributed by atoms with Crippen molar-refractivity contribution in [2.45, 2.75) is 39.1 Å². The van der Waals surface area contributed by atoms with Crippen LogP contribution in [-0.4, -0.2) is 18.8 Å². The topological polar surface area (TPSA) is 20.2 Å². The second kappa shape index (κ2) is 4.56. The van der Waals surface area contributed by atoms with Crippen LogP contribution in [-0.2, 0) is 0 Å². The van der Waals surface area contributed by atoms with Gasteiger partial charge in [-0.3, -0.25) is 0 Å². The average molecular weight is 234 g/mol. The van der Waals surface area contributed by atoms with Crippen molar-refractivity contribution >= 4 is 13.6 Å². The van der Waals surface area contributed by atoms with Crippen LogP contribution in [0.1, 0.15) is 19.4 Å². The Balaban J connectivity index is 3.24. The quantitative estimate of drug-likeness (QED) is 0.790. The standard InChI is InChI=1S/C14H22OSi/c1-14(2,15)13(11-16(3,4)5)12-9-7-6-8-10-12/h6-11,15H,1-5H3/b13-11+. The highest BCUT2D eigenvalue weighted by Crippen LogP contribution is 2.28. The number of aliphatic hydroxyl groups is 1. The third-order valence-electron chi connectivity index (χ3n) is 2.32. The van der Waals surface area contributed by atoms with Crippen molar-refractivity contribution < 1.29 is 5.11 Å². The predicted octanol–water partition coefficient (Wildman–Crippen LogP) is 3.72. The zero-order chi connectivity index (χ0) is 12.4. The molecule has 0 heterocycles. The van der Waals surface area contributed by atoms with Gasteiger partial charge in [0.25, 0.3) is 0 Å². The van der Waals surface area contributed by atoms with Gasteiger partial charge in [-0.05, 0) is 25.0 Å². The molecule has 0 aliphatic heterocycles. The largest absolute Gasteiger partial charge is 0.386 e. The van der Waals surface area contributed by atoms with E-state index in [-0.39, 0.29) is 0 Å². The molecule has 0 saturated heterocycles. The minimum absolute atomic E-state index is 0.776. The van der Waals surface area contributed by atoms with Crippen LogP contribution in [0.5, 0.6) is 0 Å². The van der Waals surface area contributed by atoms with E-state index in [1.54, 1.807) is 0 Å². The van der Waals surface area contributed by atoms with Crippen LogP contribution in [0.15, 0.2) is 36.0 Å². The molecule has 88 valence electrons. The van der Waals surface area contributed by atoms with Crippen molar-refractivity contribution in [3.05, 3.63) is 41.6 Å². The molecular weight excluding hydrogens is 212 g/mol. The van der Waals surface area contributed by atoms with Crippen LogP contribution in [0.3, 0.4) is 0 Å². The smallest absolute Gasteiger partial charge is 0.0839 e. The second-order valence-electron chi connectivity index (χ2n) is 5.85. The Morgan fingerprint density at radius 3 is 2.00 bits per heavy atom. The van der Waals surface area contributed by atoms with Gasteiger partial charge in [0.15, 0.2) is 0 Å². The van der Waals surface area contributed by atoms with Gasteiger partial charge in [-0.1, -0.05) is 55.7 Å². The molecule has 0 aromatic heterocycles. The summed E-state index contributed by atoms with van der Waals surface area (Å²) in [7, 11) is -1.33. The molecule has 2 heteroatoms. The Bertz CT molecular complexity index is 366. The Morgan fingerprint density at radius 2 is 1.62 bits per heavy atom. The van der Waals surface area contributed by atoms with Crippen molar-refractivity contribution in [2.24, 2.45) is 0 Å². The van der Waals surface area contributed by atoms with Crippen LogP contribution in [0.2, 0.25) is 19.6 Å². The molecule has 0 spiro atoms. The summed E-state index contributed by atoms with van der Waals surface area (Å²) in [6.07, 6.45) is 0. The lowest BCUT2D eigenvalue weighted by Crippen LogP contribution is -2.26. The Labute approximate surface area is 99.8 Å². The van der Waals surface area contributed by atoms with Gasteiger partial charge in [0.2, 0.25) is 0 Å². The van der Waals surface area contributed by atoms with Crippen LogP contribution in [0.25, 0.3) is 5.57 Å².